The van der Waals surface area contributed by atoms with Crippen molar-refractivity contribution in [2.24, 2.45) is 0 Å². The summed E-state index contributed by atoms with van der Waals surface area (Å²) >= 11 is 0. The summed E-state index contributed by atoms with van der Waals surface area (Å²) in [6, 6.07) is 11.3. The van der Waals surface area contributed by atoms with Gasteiger partial charge in [-0.1, -0.05) is 12.1 Å². The van der Waals surface area contributed by atoms with Crippen molar-refractivity contribution < 1.29 is 9.47 Å². The molecule has 0 spiro atoms. The monoisotopic (exact) mass is 310 g/mol. The number of hydrogen-bond donors (Lipinski definition) is 0. The number of rotatable bonds is 4. The van der Waals surface area contributed by atoms with Crippen molar-refractivity contribution in [2.45, 2.75) is 18.9 Å². The van der Waals surface area contributed by atoms with Crippen LogP contribution in [-0.2, 0) is 0 Å². The number of benzene rings is 1. The first-order chi connectivity index (χ1) is 11.3. The van der Waals surface area contributed by atoms with Crippen LogP contribution in [0.4, 0.5) is 5.95 Å². The van der Waals surface area contributed by atoms with E-state index in [4.69, 9.17) is 14.7 Å². The third-order valence-corrected chi connectivity index (χ3v) is 3.78. The summed E-state index contributed by atoms with van der Waals surface area (Å²) in [6.07, 6.45) is 3.60. The number of anilines is 1. The van der Waals surface area contributed by atoms with Gasteiger partial charge in [0.25, 0.3) is 0 Å². The van der Waals surface area contributed by atoms with Gasteiger partial charge in [-0.05, 0) is 31.0 Å². The van der Waals surface area contributed by atoms with Gasteiger partial charge in [-0.3, -0.25) is 0 Å². The molecule has 1 aromatic carbocycles. The maximum absolute atomic E-state index is 8.97. The average molecular weight is 310 g/mol. The summed E-state index contributed by atoms with van der Waals surface area (Å²) in [5.41, 5.74) is 0.378. The van der Waals surface area contributed by atoms with E-state index in [1.165, 1.54) is 0 Å². The molecule has 0 radical (unpaired) electrons. The topological polar surface area (TPSA) is 71.3 Å². The Balaban J connectivity index is 1.72. The smallest absolute Gasteiger partial charge is 0.226 e. The van der Waals surface area contributed by atoms with Crippen LogP contribution in [0.5, 0.6) is 11.5 Å². The summed E-state index contributed by atoms with van der Waals surface area (Å²) in [6.45, 7) is 1.55. The lowest BCUT2D eigenvalue weighted by Crippen LogP contribution is -2.42. The van der Waals surface area contributed by atoms with E-state index in [9.17, 15) is 0 Å². The van der Waals surface area contributed by atoms with Crippen molar-refractivity contribution in [2.75, 3.05) is 25.1 Å². The minimum atomic E-state index is 0.0365. The van der Waals surface area contributed by atoms with Gasteiger partial charge in [0.1, 0.15) is 17.9 Å². The van der Waals surface area contributed by atoms with Crippen LogP contribution in [0.25, 0.3) is 0 Å². The highest BCUT2D eigenvalue weighted by molar-refractivity contribution is 5.40. The number of piperidine rings is 1. The van der Waals surface area contributed by atoms with E-state index in [1.807, 2.05) is 30.3 Å². The average Bonchev–Trinajstić information content (AvgIpc) is 2.62. The van der Waals surface area contributed by atoms with Crippen LogP contribution in [0.3, 0.4) is 0 Å². The van der Waals surface area contributed by atoms with Crippen LogP contribution in [0.2, 0.25) is 0 Å². The third kappa shape index (κ3) is 3.51. The van der Waals surface area contributed by atoms with Gasteiger partial charge in [-0.2, -0.15) is 5.26 Å². The molecule has 2 heterocycles. The van der Waals surface area contributed by atoms with Crippen molar-refractivity contribution in [3.05, 3.63) is 42.2 Å². The first-order valence-electron chi connectivity index (χ1n) is 7.58. The van der Waals surface area contributed by atoms with E-state index in [0.717, 1.165) is 30.9 Å². The maximum atomic E-state index is 8.97. The third-order valence-electron chi connectivity index (χ3n) is 3.78. The second kappa shape index (κ2) is 6.97. The normalized spacial score (nSPS) is 17.4. The fraction of sp³-hybridized carbons (Fsp3) is 0.353. The molecule has 0 N–H and O–H groups in total. The molecule has 6 heteroatoms. The lowest BCUT2D eigenvalue weighted by molar-refractivity contribution is 0.172. The van der Waals surface area contributed by atoms with Crippen molar-refractivity contribution in [3.8, 4) is 17.6 Å². The Morgan fingerprint density at radius 1 is 1.26 bits per heavy atom. The van der Waals surface area contributed by atoms with Crippen LogP contribution >= 0.6 is 0 Å². The zero-order valence-electron chi connectivity index (χ0n) is 13.0. The molecule has 1 aliphatic rings. The Bertz CT molecular complexity index is 714. The molecular formula is C17H18N4O2. The summed E-state index contributed by atoms with van der Waals surface area (Å²) < 4.78 is 11.4. The Morgan fingerprint density at radius 3 is 2.87 bits per heavy atom. The summed E-state index contributed by atoms with van der Waals surface area (Å²) in [5, 5.41) is 8.97. The predicted octanol–water partition coefficient (Wildman–Crippen LogP) is 2.40. The van der Waals surface area contributed by atoms with E-state index in [-0.39, 0.29) is 6.10 Å². The molecule has 1 aliphatic heterocycles. The maximum Gasteiger partial charge on any atom is 0.226 e. The summed E-state index contributed by atoms with van der Waals surface area (Å²) in [4.78, 5) is 10.6. The molecule has 0 aliphatic carbocycles. The predicted molar refractivity (Wildman–Crippen MR) is 85.6 cm³/mol. The van der Waals surface area contributed by atoms with Gasteiger partial charge in [-0.25, -0.2) is 9.97 Å². The summed E-state index contributed by atoms with van der Waals surface area (Å²) in [5.74, 6) is 2.05. The minimum absolute atomic E-state index is 0.0365. The molecule has 6 nitrogen and oxygen atoms in total. The fourth-order valence-electron chi connectivity index (χ4n) is 2.67. The minimum Gasteiger partial charge on any atom is -0.493 e. The van der Waals surface area contributed by atoms with E-state index < -0.39 is 0 Å². The number of nitriles is 1. The second-order valence-corrected chi connectivity index (χ2v) is 5.33. The molecule has 0 saturated carbocycles. The zero-order chi connectivity index (χ0) is 16.1. The van der Waals surface area contributed by atoms with E-state index in [2.05, 4.69) is 14.9 Å². The van der Waals surface area contributed by atoms with Crippen LogP contribution in [-0.4, -0.2) is 36.3 Å². The van der Waals surface area contributed by atoms with Crippen LogP contribution in [0, 0.1) is 11.3 Å². The van der Waals surface area contributed by atoms with Gasteiger partial charge < -0.3 is 14.4 Å². The van der Waals surface area contributed by atoms with Crippen molar-refractivity contribution in [1.29, 1.82) is 5.26 Å². The van der Waals surface area contributed by atoms with Gasteiger partial charge in [0.05, 0.1) is 13.7 Å². The molecule has 2 aromatic rings. The number of nitrogens with zero attached hydrogens (tertiary/aromatic N) is 4. The molecule has 23 heavy (non-hydrogen) atoms. The Kier molecular flexibility index (Phi) is 4.57. The van der Waals surface area contributed by atoms with E-state index in [0.29, 0.717) is 18.2 Å². The molecule has 118 valence electrons. The van der Waals surface area contributed by atoms with Gasteiger partial charge in [0.2, 0.25) is 5.95 Å². The lowest BCUT2D eigenvalue weighted by Gasteiger charge is -2.33. The molecule has 1 saturated heterocycles. The fourth-order valence-corrected chi connectivity index (χ4v) is 2.67. The first-order valence-corrected chi connectivity index (χ1v) is 7.58. The summed E-state index contributed by atoms with van der Waals surface area (Å²) in [7, 11) is 1.64. The molecule has 0 bridgehead atoms. The van der Waals surface area contributed by atoms with Crippen LogP contribution < -0.4 is 14.4 Å². The Hall–Kier alpha value is -2.81. The molecule has 1 aromatic heterocycles. The van der Waals surface area contributed by atoms with Crippen molar-refractivity contribution in [3.63, 3.8) is 0 Å². The number of ether oxygens (including phenoxy) is 2. The number of aromatic nitrogens is 2. The molecule has 1 fully saturated rings. The molecule has 1 atom stereocenters. The standard InChI is InChI=1S/C17H18N4O2/c1-22-15-6-2-3-7-16(15)23-14-5-4-10-21(12-14)17-19-9-8-13(11-18)20-17/h2-3,6-9,14H,4-5,10,12H2,1H3/t14-/m1/s1. The second-order valence-electron chi connectivity index (χ2n) is 5.33. The number of hydrogen-bond acceptors (Lipinski definition) is 6. The SMILES string of the molecule is COc1ccccc1O[C@@H]1CCCN(c2nccc(C#N)n2)C1. The number of para-hydroxylation sites is 2. The Labute approximate surface area is 135 Å². The largest absolute Gasteiger partial charge is 0.493 e. The van der Waals surface area contributed by atoms with Crippen LogP contribution in [0.15, 0.2) is 36.5 Å². The zero-order valence-corrected chi connectivity index (χ0v) is 13.0. The van der Waals surface area contributed by atoms with Gasteiger partial charge in [0.15, 0.2) is 11.5 Å². The van der Waals surface area contributed by atoms with Gasteiger partial charge in [0, 0.05) is 12.7 Å². The van der Waals surface area contributed by atoms with E-state index >= 15 is 0 Å². The van der Waals surface area contributed by atoms with Crippen molar-refractivity contribution >= 4 is 5.95 Å². The Morgan fingerprint density at radius 2 is 2.09 bits per heavy atom. The molecule has 3 rings (SSSR count). The highest BCUT2D eigenvalue weighted by atomic mass is 16.5. The van der Waals surface area contributed by atoms with Gasteiger partial charge >= 0.3 is 0 Å². The quantitative estimate of drug-likeness (QED) is 0.863. The lowest BCUT2D eigenvalue weighted by atomic mass is 10.1. The van der Waals surface area contributed by atoms with Crippen LogP contribution in [0.1, 0.15) is 18.5 Å². The highest BCUT2D eigenvalue weighted by Crippen LogP contribution is 2.29. The first kappa shape index (κ1) is 15.1. The molecular weight excluding hydrogens is 292 g/mol. The molecule has 0 unspecified atom stereocenters. The van der Waals surface area contributed by atoms with Crippen molar-refractivity contribution in [1.82, 2.24) is 9.97 Å². The van der Waals surface area contributed by atoms with E-state index in [1.54, 1.807) is 19.4 Å². The van der Waals surface area contributed by atoms with Gasteiger partial charge in [-0.15, -0.1) is 0 Å². The number of methoxy groups -OCH3 is 1. The molecule has 0 amide bonds. The highest BCUT2D eigenvalue weighted by Gasteiger charge is 2.24.